The van der Waals surface area contributed by atoms with Gasteiger partial charge in [-0.05, 0) is 37.1 Å². The Labute approximate surface area is 191 Å². The van der Waals surface area contributed by atoms with E-state index in [2.05, 4.69) is 0 Å². The third-order valence-corrected chi connectivity index (χ3v) is 7.33. The van der Waals surface area contributed by atoms with Crippen LogP contribution < -0.4 is 5.48 Å². The van der Waals surface area contributed by atoms with Gasteiger partial charge in [-0.15, -0.1) is 0 Å². The fourth-order valence-electron chi connectivity index (χ4n) is 3.68. The van der Waals surface area contributed by atoms with E-state index in [4.69, 9.17) is 5.21 Å². The number of sulfone groups is 1. The van der Waals surface area contributed by atoms with E-state index in [1.54, 1.807) is 30.3 Å². The van der Waals surface area contributed by atoms with Crippen LogP contribution >= 0.6 is 0 Å². The number of hydrogen-bond donors (Lipinski definition) is 2. The van der Waals surface area contributed by atoms with Crippen molar-refractivity contribution in [3.8, 4) is 0 Å². The Morgan fingerprint density at radius 2 is 1.52 bits per heavy atom. The van der Waals surface area contributed by atoms with Gasteiger partial charge in [0.1, 0.15) is 0 Å². The smallest absolute Gasteiger partial charge is 0.247 e. The van der Waals surface area contributed by atoms with E-state index in [0.29, 0.717) is 11.1 Å². The summed E-state index contributed by atoms with van der Waals surface area (Å²) in [7, 11) is -3.92. The summed E-state index contributed by atoms with van der Waals surface area (Å²) in [6, 6.07) is 14.0. The van der Waals surface area contributed by atoms with Crippen molar-refractivity contribution >= 4 is 33.3 Å². The Morgan fingerprint density at radius 3 is 2.09 bits per heavy atom. The molecule has 0 spiro atoms. The average molecular weight is 473 g/mol. The number of hydrogen-bond acceptors (Lipinski definition) is 7. The lowest BCUT2D eigenvalue weighted by molar-refractivity contribution is -0.138. The minimum Gasteiger partial charge on any atom is -0.289 e. The Hall–Kier alpha value is -3.37. The van der Waals surface area contributed by atoms with E-state index in [-0.39, 0.29) is 54.7 Å². The first-order valence-corrected chi connectivity index (χ1v) is 12.1. The van der Waals surface area contributed by atoms with Crippen LogP contribution in [0.5, 0.6) is 0 Å². The lowest BCUT2D eigenvalue weighted by Crippen LogP contribution is -2.35. The summed E-state index contributed by atoms with van der Waals surface area (Å²) in [4.78, 5) is 49.0. The van der Waals surface area contributed by atoms with Crippen molar-refractivity contribution in [2.24, 2.45) is 5.92 Å². The SMILES string of the molecule is O=C(c1ccccc1)c1ccc(S(=O)(=O)CC(CCCN2C(=O)CCC2=O)C(=O)NO)cc1. The molecular formula is C23H24N2O7S. The molecule has 3 amide bonds. The number of amides is 3. The first kappa shape index (κ1) is 24.3. The first-order valence-electron chi connectivity index (χ1n) is 10.4. The van der Waals surface area contributed by atoms with Crippen LogP contribution in [0, 0.1) is 5.92 Å². The van der Waals surface area contributed by atoms with Gasteiger partial charge in [-0.2, -0.15) is 0 Å². The van der Waals surface area contributed by atoms with Crippen molar-refractivity contribution in [2.45, 2.75) is 30.6 Å². The molecule has 0 saturated carbocycles. The maximum absolute atomic E-state index is 12.9. The number of carbonyl (C=O) groups is 4. The monoisotopic (exact) mass is 472 g/mol. The summed E-state index contributed by atoms with van der Waals surface area (Å²) >= 11 is 0. The summed E-state index contributed by atoms with van der Waals surface area (Å²) in [6.45, 7) is 0.0865. The minimum absolute atomic E-state index is 0.0489. The Kier molecular flexibility index (Phi) is 7.72. The molecule has 2 N–H and O–H groups in total. The van der Waals surface area contributed by atoms with Crippen LogP contribution in [0.2, 0.25) is 0 Å². The molecule has 1 unspecified atom stereocenters. The van der Waals surface area contributed by atoms with Crippen molar-refractivity contribution in [1.29, 1.82) is 0 Å². The number of carbonyl (C=O) groups excluding carboxylic acids is 4. The minimum atomic E-state index is -3.92. The summed E-state index contributed by atoms with van der Waals surface area (Å²) in [6.07, 6.45) is 0.565. The van der Waals surface area contributed by atoms with Gasteiger partial charge < -0.3 is 0 Å². The highest BCUT2D eigenvalue weighted by molar-refractivity contribution is 7.91. The summed E-state index contributed by atoms with van der Waals surface area (Å²) in [5, 5.41) is 9.02. The van der Waals surface area contributed by atoms with Crippen LogP contribution in [-0.4, -0.2) is 54.3 Å². The van der Waals surface area contributed by atoms with Gasteiger partial charge in [0.2, 0.25) is 17.7 Å². The second-order valence-electron chi connectivity index (χ2n) is 7.76. The number of rotatable bonds is 10. The molecule has 2 aromatic carbocycles. The molecule has 9 nitrogen and oxygen atoms in total. The fraction of sp³-hybridized carbons (Fsp3) is 0.304. The zero-order valence-corrected chi connectivity index (χ0v) is 18.6. The van der Waals surface area contributed by atoms with E-state index in [1.165, 1.54) is 29.7 Å². The molecule has 2 aromatic rings. The van der Waals surface area contributed by atoms with Crippen LogP contribution in [-0.2, 0) is 24.2 Å². The Bertz CT molecular complexity index is 1130. The van der Waals surface area contributed by atoms with Crippen molar-refractivity contribution in [2.75, 3.05) is 12.3 Å². The van der Waals surface area contributed by atoms with Crippen molar-refractivity contribution < 1.29 is 32.8 Å². The predicted molar refractivity (Wildman–Crippen MR) is 117 cm³/mol. The molecule has 1 atom stereocenters. The molecular weight excluding hydrogens is 448 g/mol. The van der Waals surface area contributed by atoms with E-state index >= 15 is 0 Å². The largest absolute Gasteiger partial charge is 0.289 e. The van der Waals surface area contributed by atoms with Gasteiger partial charge >= 0.3 is 0 Å². The molecule has 1 aliphatic heterocycles. The van der Waals surface area contributed by atoms with E-state index in [0.717, 1.165) is 4.90 Å². The molecule has 0 radical (unpaired) electrons. The number of benzene rings is 2. The Morgan fingerprint density at radius 1 is 0.939 bits per heavy atom. The quantitative estimate of drug-likeness (QED) is 0.232. The number of nitrogens with zero attached hydrogens (tertiary/aromatic N) is 1. The third kappa shape index (κ3) is 5.91. The van der Waals surface area contributed by atoms with Gasteiger partial charge in [0.05, 0.1) is 16.6 Å². The van der Waals surface area contributed by atoms with Crippen LogP contribution in [0.1, 0.15) is 41.6 Å². The molecule has 1 fully saturated rings. The number of nitrogens with one attached hydrogen (secondary N) is 1. The van der Waals surface area contributed by atoms with E-state index in [9.17, 15) is 27.6 Å². The standard InChI is InChI=1S/C23H24N2O7S/c26-20-12-13-21(27)25(20)14-4-7-18(23(29)24-30)15-33(31,32)19-10-8-17(9-11-19)22(28)16-5-2-1-3-6-16/h1-3,5-6,8-11,18,30H,4,7,12-15H2,(H,24,29). The molecule has 1 saturated heterocycles. The van der Waals surface area contributed by atoms with E-state index < -0.39 is 27.4 Å². The maximum Gasteiger partial charge on any atom is 0.247 e. The van der Waals surface area contributed by atoms with Gasteiger partial charge in [0.15, 0.2) is 15.6 Å². The molecule has 0 aromatic heterocycles. The normalized spacial score (nSPS) is 14.9. The summed E-state index contributed by atoms with van der Waals surface area (Å²) < 4.78 is 25.7. The zero-order chi connectivity index (χ0) is 24.0. The molecule has 1 heterocycles. The van der Waals surface area contributed by atoms with Gasteiger partial charge in [0, 0.05) is 30.5 Å². The molecule has 174 valence electrons. The van der Waals surface area contributed by atoms with Gasteiger partial charge in [0.25, 0.3) is 0 Å². The first-order chi connectivity index (χ1) is 15.7. The highest BCUT2D eigenvalue weighted by Crippen LogP contribution is 2.21. The average Bonchev–Trinajstić information content (AvgIpc) is 3.15. The highest BCUT2D eigenvalue weighted by Gasteiger charge is 2.30. The molecule has 0 aliphatic carbocycles. The van der Waals surface area contributed by atoms with Gasteiger partial charge in [-0.25, -0.2) is 13.9 Å². The number of likely N-dealkylation sites (tertiary alicyclic amines) is 1. The van der Waals surface area contributed by atoms with Gasteiger partial charge in [-0.1, -0.05) is 30.3 Å². The Balaban J connectivity index is 1.67. The topological polar surface area (TPSA) is 138 Å². The molecule has 3 rings (SSSR count). The summed E-state index contributed by atoms with van der Waals surface area (Å²) in [5.74, 6) is -3.36. The zero-order valence-electron chi connectivity index (χ0n) is 17.8. The maximum atomic E-state index is 12.9. The highest BCUT2D eigenvalue weighted by atomic mass is 32.2. The van der Waals surface area contributed by atoms with Crippen molar-refractivity contribution in [3.05, 3.63) is 65.7 Å². The fourth-order valence-corrected chi connectivity index (χ4v) is 5.27. The van der Waals surface area contributed by atoms with Gasteiger partial charge in [-0.3, -0.25) is 29.3 Å². The lowest BCUT2D eigenvalue weighted by Gasteiger charge is -2.18. The van der Waals surface area contributed by atoms with Crippen LogP contribution in [0.15, 0.2) is 59.5 Å². The number of hydroxylamine groups is 1. The summed E-state index contributed by atoms with van der Waals surface area (Å²) in [5.41, 5.74) is 2.28. The second kappa shape index (κ2) is 10.5. The van der Waals surface area contributed by atoms with Crippen LogP contribution in [0.25, 0.3) is 0 Å². The second-order valence-corrected chi connectivity index (χ2v) is 9.79. The molecule has 1 aliphatic rings. The lowest BCUT2D eigenvalue weighted by atomic mass is 10.0. The molecule has 0 bridgehead atoms. The number of ketones is 1. The third-order valence-electron chi connectivity index (χ3n) is 5.50. The van der Waals surface area contributed by atoms with E-state index in [1.807, 2.05) is 0 Å². The van der Waals surface area contributed by atoms with Crippen molar-refractivity contribution in [1.82, 2.24) is 10.4 Å². The predicted octanol–water partition coefficient (Wildman–Crippen LogP) is 1.74. The van der Waals surface area contributed by atoms with Crippen molar-refractivity contribution in [3.63, 3.8) is 0 Å². The van der Waals surface area contributed by atoms with Crippen LogP contribution in [0.3, 0.4) is 0 Å². The molecule has 10 heteroatoms. The van der Waals surface area contributed by atoms with Crippen LogP contribution in [0.4, 0.5) is 0 Å². The molecule has 33 heavy (non-hydrogen) atoms. The number of imide groups is 1.